The third-order valence-electron chi connectivity index (χ3n) is 7.00. The maximum Gasteiger partial charge on any atom is 0.337 e. The van der Waals surface area contributed by atoms with Crippen LogP contribution in [0.2, 0.25) is 0 Å². The zero-order valence-electron chi connectivity index (χ0n) is 19.2. The summed E-state index contributed by atoms with van der Waals surface area (Å²) in [6.07, 6.45) is 5.08. The monoisotopic (exact) mass is 519 g/mol. The highest BCUT2D eigenvalue weighted by molar-refractivity contribution is 8.01. The van der Waals surface area contributed by atoms with Gasteiger partial charge in [-0.1, -0.05) is 23.9 Å². The number of carbonyl (C=O) groups excluding carboxylic acids is 4. The summed E-state index contributed by atoms with van der Waals surface area (Å²) in [6.45, 7) is 0. The van der Waals surface area contributed by atoms with Gasteiger partial charge in [0.15, 0.2) is 4.34 Å². The van der Waals surface area contributed by atoms with Crippen LogP contribution in [0.25, 0.3) is 10.2 Å². The Morgan fingerprint density at radius 2 is 1.78 bits per heavy atom. The maximum atomic E-state index is 13.1. The summed E-state index contributed by atoms with van der Waals surface area (Å²) in [6, 6.07) is 11.9. The van der Waals surface area contributed by atoms with Crippen molar-refractivity contribution < 1.29 is 23.9 Å². The second-order valence-corrected chi connectivity index (χ2v) is 11.3. The van der Waals surface area contributed by atoms with Crippen molar-refractivity contribution in [2.75, 3.05) is 23.1 Å². The van der Waals surface area contributed by atoms with Crippen molar-refractivity contribution >= 4 is 68.4 Å². The lowest BCUT2D eigenvalue weighted by Crippen LogP contribution is -2.32. The van der Waals surface area contributed by atoms with E-state index >= 15 is 0 Å². The summed E-state index contributed by atoms with van der Waals surface area (Å²) in [5, 5.41) is 2.80. The molecule has 182 valence electrons. The minimum atomic E-state index is -0.437. The number of aromatic nitrogens is 1. The standard InChI is InChI=1S/C26H21N3O5S2/c1-34-25(33)13-4-6-16(7-5-13)27-20(30)12-35-26-28-18-9-8-17(11-19(18)36-26)29-23(31)21-14-2-3-15(10-14)22(21)24(29)32/h2-9,11,14-15,21-22H,10,12H2,1H3,(H,27,30)/t14-,15+,21-,22+. The van der Waals surface area contributed by atoms with Gasteiger partial charge in [-0.25, -0.2) is 14.7 Å². The number of hydrogen-bond acceptors (Lipinski definition) is 8. The SMILES string of the molecule is COC(=O)c1ccc(NC(=O)CSc2nc3ccc(N4C(=O)[C@@H]5[C@H](C4=O)[C@@H]4C=C[C@H]5C4)cc3s2)cc1. The summed E-state index contributed by atoms with van der Waals surface area (Å²) >= 11 is 2.73. The van der Waals surface area contributed by atoms with Gasteiger partial charge >= 0.3 is 5.97 Å². The number of rotatable bonds is 6. The number of nitrogens with one attached hydrogen (secondary N) is 1. The molecule has 10 heteroatoms. The number of hydrogen-bond donors (Lipinski definition) is 1. The molecule has 2 heterocycles. The highest BCUT2D eigenvalue weighted by atomic mass is 32.2. The van der Waals surface area contributed by atoms with Gasteiger partial charge in [0.25, 0.3) is 0 Å². The number of fused-ring (bicyclic) bond motifs is 6. The van der Waals surface area contributed by atoms with Crippen molar-refractivity contribution in [1.29, 1.82) is 0 Å². The third-order valence-corrected chi connectivity index (χ3v) is 9.16. The van der Waals surface area contributed by atoms with Crippen LogP contribution in [0.15, 0.2) is 59.0 Å². The van der Waals surface area contributed by atoms with Crippen molar-refractivity contribution in [1.82, 2.24) is 4.98 Å². The van der Waals surface area contributed by atoms with Gasteiger partial charge in [0.05, 0.1) is 46.2 Å². The lowest BCUT2D eigenvalue weighted by atomic mass is 9.85. The average Bonchev–Trinajstić information content (AvgIpc) is 3.65. The minimum Gasteiger partial charge on any atom is -0.465 e. The predicted octanol–water partition coefficient (Wildman–Crippen LogP) is 4.13. The van der Waals surface area contributed by atoms with E-state index in [9.17, 15) is 19.2 Å². The maximum absolute atomic E-state index is 13.1. The first kappa shape index (κ1) is 22.9. The molecule has 2 bridgehead atoms. The van der Waals surface area contributed by atoms with Crippen LogP contribution in [0.4, 0.5) is 11.4 Å². The number of nitrogens with zero attached hydrogens (tertiary/aromatic N) is 2. The Morgan fingerprint density at radius 3 is 2.44 bits per heavy atom. The molecule has 1 saturated carbocycles. The van der Waals surface area contributed by atoms with Crippen LogP contribution in [-0.2, 0) is 19.1 Å². The molecule has 0 spiro atoms. The van der Waals surface area contributed by atoms with Crippen LogP contribution in [0.3, 0.4) is 0 Å². The van der Waals surface area contributed by atoms with E-state index < -0.39 is 5.97 Å². The number of anilines is 2. The molecule has 0 unspecified atom stereocenters. The number of imide groups is 1. The number of amides is 3. The summed E-state index contributed by atoms with van der Waals surface area (Å²) in [7, 11) is 1.31. The number of carbonyl (C=O) groups is 4. The van der Waals surface area contributed by atoms with Gasteiger partial charge in [0.1, 0.15) is 0 Å². The first-order valence-electron chi connectivity index (χ1n) is 11.5. The highest BCUT2D eigenvalue weighted by Crippen LogP contribution is 2.53. The fourth-order valence-electron chi connectivity index (χ4n) is 5.38. The smallest absolute Gasteiger partial charge is 0.337 e. The van der Waals surface area contributed by atoms with Gasteiger partial charge < -0.3 is 10.1 Å². The highest BCUT2D eigenvalue weighted by Gasteiger charge is 2.59. The summed E-state index contributed by atoms with van der Waals surface area (Å²) < 4.78 is 6.24. The lowest BCUT2D eigenvalue weighted by molar-refractivity contribution is -0.123. The second-order valence-electron chi connectivity index (χ2n) is 9.05. The van der Waals surface area contributed by atoms with Gasteiger partial charge in [0.2, 0.25) is 17.7 Å². The van der Waals surface area contributed by atoms with Crippen molar-refractivity contribution in [3.63, 3.8) is 0 Å². The molecule has 36 heavy (non-hydrogen) atoms. The molecule has 2 aliphatic carbocycles. The molecule has 2 fully saturated rings. The normalized spacial score (nSPS) is 24.0. The predicted molar refractivity (Wildman–Crippen MR) is 137 cm³/mol. The zero-order chi connectivity index (χ0) is 25.0. The molecule has 0 radical (unpaired) electrons. The number of esters is 1. The molecule has 8 nitrogen and oxygen atoms in total. The third kappa shape index (κ3) is 3.81. The first-order valence-corrected chi connectivity index (χ1v) is 13.3. The van der Waals surface area contributed by atoms with Gasteiger partial charge in [-0.05, 0) is 60.7 Å². The summed E-state index contributed by atoms with van der Waals surface area (Å²) in [5.74, 6) is -0.790. The molecule has 3 amide bonds. The van der Waals surface area contributed by atoms with E-state index in [0.29, 0.717) is 16.9 Å². The lowest BCUT2D eigenvalue weighted by Gasteiger charge is -2.17. The van der Waals surface area contributed by atoms with Gasteiger partial charge in [-0.3, -0.25) is 14.4 Å². The van der Waals surface area contributed by atoms with E-state index in [1.165, 1.54) is 35.1 Å². The van der Waals surface area contributed by atoms with Crippen LogP contribution in [0.5, 0.6) is 0 Å². The molecule has 1 N–H and O–H groups in total. The number of thiazole rings is 1. The number of benzene rings is 2. The molecule has 1 aliphatic heterocycles. The Bertz CT molecular complexity index is 1420. The van der Waals surface area contributed by atoms with Crippen molar-refractivity contribution in [2.24, 2.45) is 23.7 Å². The molecule has 3 aromatic rings. The fraction of sp³-hybridized carbons (Fsp3) is 0.269. The molecular weight excluding hydrogens is 498 g/mol. The molecule has 1 aromatic heterocycles. The zero-order valence-corrected chi connectivity index (χ0v) is 20.8. The topological polar surface area (TPSA) is 106 Å². The van der Waals surface area contributed by atoms with Crippen LogP contribution < -0.4 is 10.2 Å². The minimum absolute atomic E-state index is 0.100. The van der Waals surface area contributed by atoms with E-state index in [4.69, 9.17) is 0 Å². The number of ether oxygens (including phenoxy) is 1. The molecule has 6 rings (SSSR count). The molecule has 3 aliphatic rings. The van der Waals surface area contributed by atoms with Crippen LogP contribution in [-0.4, -0.2) is 41.5 Å². The average molecular weight is 520 g/mol. The molecule has 4 atom stereocenters. The van der Waals surface area contributed by atoms with Crippen molar-refractivity contribution in [3.8, 4) is 0 Å². The van der Waals surface area contributed by atoms with Crippen molar-refractivity contribution in [2.45, 2.75) is 10.8 Å². The van der Waals surface area contributed by atoms with Crippen LogP contribution in [0.1, 0.15) is 16.8 Å². The summed E-state index contributed by atoms with van der Waals surface area (Å²) in [5.41, 5.74) is 2.32. The van der Waals surface area contributed by atoms with E-state index in [0.717, 1.165) is 21.0 Å². The van der Waals surface area contributed by atoms with E-state index in [2.05, 4.69) is 27.2 Å². The van der Waals surface area contributed by atoms with E-state index in [1.54, 1.807) is 30.3 Å². The van der Waals surface area contributed by atoms with Crippen LogP contribution in [0, 0.1) is 23.7 Å². The quantitative estimate of drug-likeness (QED) is 0.226. The van der Waals surface area contributed by atoms with Gasteiger partial charge in [-0.2, -0.15) is 0 Å². The number of methoxy groups -OCH3 is 1. The van der Waals surface area contributed by atoms with Crippen LogP contribution >= 0.6 is 23.1 Å². The molecular formula is C26H21N3O5S2. The Labute approximate surface area is 214 Å². The number of allylic oxidation sites excluding steroid dienone is 2. The Morgan fingerprint density at radius 1 is 1.08 bits per heavy atom. The number of thioether (sulfide) groups is 1. The van der Waals surface area contributed by atoms with Gasteiger partial charge in [0, 0.05) is 5.69 Å². The van der Waals surface area contributed by atoms with E-state index in [-0.39, 0.29) is 47.1 Å². The van der Waals surface area contributed by atoms with E-state index in [1.807, 2.05) is 12.1 Å². The molecule has 2 aromatic carbocycles. The largest absolute Gasteiger partial charge is 0.465 e. The second kappa shape index (κ2) is 8.86. The molecule has 1 saturated heterocycles. The Balaban J connectivity index is 1.12. The van der Waals surface area contributed by atoms with Gasteiger partial charge in [-0.15, -0.1) is 11.3 Å². The Kier molecular flexibility index (Phi) is 5.65. The van der Waals surface area contributed by atoms with Crippen molar-refractivity contribution in [3.05, 3.63) is 60.2 Å². The fourth-order valence-corrected chi connectivity index (χ4v) is 7.28. The summed E-state index contributed by atoms with van der Waals surface area (Å²) in [4.78, 5) is 56.1. The first-order chi connectivity index (χ1) is 17.4. The Hall–Kier alpha value is -3.50.